The first-order chi connectivity index (χ1) is 8.65. The van der Waals surface area contributed by atoms with Crippen LogP contribution in [-0.2, 0) is 0 Å². The van der Waals surface area contributed by atoms with E-state index in [9.17, 15) is 4.39 Å². The first-order valence-electron chi connectivity index (χ1n) is 5.65. The molecule has 1 aromatic heterocycles. The zero-order valence-corrected chi connectivity index (χ0v) is 11.1. The van der Waals surface area contributed by atoms with Crippen molar-refractivity contribution < 1.29 is 9.13 Å². The second-order valence-corrected chi connectivity index (χ2v) is 4.92. The molecule has 0 fully saturated rings. The molecular formula is C13H15FN2OS. The van der Waals surface area contributed by atoms with E-state index in [2.05, 4.69) is 4.98 Å². The maximum atomic E-state index is 13.6. The lowest BCUT2D eigenvalue weighted by Gasteiger charge is -2.04. The SMILES string of the molecule is COc1ccc(-c2nc(C(C)CN)cs2)cc1F. The molecule has 0 aliphatic carbocycles. The van der Waals surface area contributed by atoms with Gasteiger partial charge in [0.2, 0.25) is 0 Å². The maximum Gasteiger partial charge on any atom is 0.165 e. The van der Waals surface area contributed by atoms with Crippen LogP contribution in [-0.4, -0.2) is 18.6 Å². The van der Waals surface area contributed by atoms with E-state index < -0.39 is 0 Å². The predicted molar refractivity (Wildman–Crippen MR) is 71.5 cm³/mol. The molecule has 0 aliphatic heterocycles. The van der Waals surface area contributed by atoms with Crippen LogP contribution in [0, 0.1) is 5.82 Å². The molecule has 1 aromatic carbocycles. The van der Waals surface area contributed by atoms with E-state index in [1.54, 1.807) is 12.1 Å². The first-order valence-corrected chi connectivity index (χ1v) is 6.53. The molecule has 0 saturated heterocycles. The molecule has 0 amide bonds. The molecule has 0 aliphatic rings. The fourth-order valence-corrected chi connectivity index (χ4v) is 2.50. The Hall–Kier alpha value is -1.46. The Bertz CT molecular complexity index is 542. The van der Waals surface area contributed by atoms with E-state index in [1.165, 1.54) is 24.5 Å². The van der Waals surface area contributed by atoms with E-state index in [0.29, 0.717) is 6.54 Å². The topological polar surface area (TPSA) is 48.1 Å². The third kappa shape index (κ3) is 2.52. The molecule has 96 valence electrons. The lowest BCUT2D eigenvalue weighted by atomic mass is 10.1. The summed E-state index contributed by atoms with van der Waals surface area (Å²) in [7, 11) is 1.45. The Morgan fingerprint density at radius 2 is 2.28 bits per heavy atom. The van der Waals surface area contributed by atoms with Gasteiger partial charge in [-0.15, -0.1) is 11.3 Å². The van der Waals surface area contributed by atoms with Gasteiger partial charge in [-0.3, -0.25) is 0 Å². The van der Waals surface area contributed by atoms with Crippen molar-refractivity contribution in [2.45, 2.75) is 12.8 Å². The molecule has 18 heavy (non-hydrogen) atoms. The summed E-state index contributed by atoms with van der Waals surface area (Å²) in [6.45, 7) is 2.58. The van der Waals surface area contributed by atoms with Crippen LogP contribution < -0.4 is 10.5 Å². The molecule has 1 atom stereocenters. The van der Waals surface area contributed by atoms with Crippen LogP contribution in [0.1, 0.15) is 18.5 Å². The van der Waals surface area contributed by atoms with Crippen LogP contribution in [0.2, 0.25) is 0 Å². The Kier molecular flexibility index (Phi) is 3.93. The molecule has 1 heterocycles. The van der Waals surface area contributed by atoms with Gasteiger partial charge in [-0.25, -0.2) is 9.37 Å². The first kappa shape index (κ1) is 13.0. The van der Waals surface area contributed by atoms with Crippen LogP contribution in [0.4, 0.5) is 4.39 Å². The molecule has 0 radical (unpaired) electrons. The number of thiazole rings is 1. The summed E-state index contributed by atoms with van der Waals surface area (Å²) < 4.78 is 18.5. The van der Waals surface area contributed by atoms with Crippen molar-refractivity contribution >= 4 is 11.3 Å². The van der Waals surface area contributed by atoms with Crippen LogP contribution in [0.25, 0.3) is 10.6 Å². The van der Waals surface area contributed by atoms with E-state index in [0.717, 1.165) is 16.3 Å². The van der Waals surface area contributed by atoms with Gasteiger partial charge in [-0.1, -0.05) is 6.92 Å². The normalized spacial score (nSPS) is 12.4. The lowest BCUT2D eigenvalue weighted by Crippen LogP contribution is -2.08. The average Bonchev–Trinajstić information content (AvgIpc) is 2.87. The smallest absolute Gasteiger partial charge is 0.165 e. The fourth-order valence-electron chi connectivity index (χ4n) is 1.57. The van der Waals surface area contributed by atoms with Crippen molar-refractivity contribution in [2.24, 2.45) is 5.73 Å². The van der Waals surface area contributed by atoms with Gasteiger partial charge >= 0.3 is 0 Å². The van der Waals surface area contributed by atoms with Gasteiger partial charge in [-0.2, -0.15) is 0 Å². The Morgan fingerprint density at radius 1 is 1.50 bits per heavy atom. The molecule has 2 rings (SSSR count). The highest BCUT2D eigenvalue weighted by Gasteiger charge is 2.11. The van der Waals surface area contributed by atoms with Crippen LogP contribution in [0.5, 0.6) is 5.75 Å². The average molecular weight is 266 g/mol. The second kappa shape index (κ2) is 5.46. The van der Waals surface area contributed by atoms with E-state index >= 15 is 0 Å². The number of benzene rings is 1. The summed E-state index contributed by atoms with van der Waals surface area (Å²) in [5.74, 6) is 0.0857. The molecule has 3 nitrogen and oxygen atoms in total. The van der Waals surface area contributed by atoms with E-state index in [4.69, 9.17) is 10.5 Å². The van der Waals surface area contributed by atoms with Crippen LogP contribution in [0.15, 0.2) is 23.6 Å². The molecule has 0 spiro atoms. The molecule has 1 unspecified atom stereocenters. The fraction of sp³-hybridized carbons (Fsp3) is 0.308. The standard InChI is InChI=1S/C13H15FN2OS/c1-8(6-15)11-7-18-13(16-11)9-3-4-12(17-2)10(14)5-9/h3-5,7-8H,6,15H2,1-2H3. The maximum absolute atomic E-state index is 13.6. The Morgan fingerprint density at radius 3 is 2.89 bits per heavy atom. The van der Waals surface area contributed by atoms with Gasteiger partial charge in [0.15, 0.2) is 11.6 Å². The van der Waals surface area contributed by atoms with Gasteiger partial charge in [0, 0.05) is 23.4 Å². The minimum Gasteiger partial charge on any atom is -0.494 e. The quantitative estimate of drug-likeness (QED) is 0.925. The highest BCUT2D eigenvalue weighted by Crippen LogP contribution is 2.29. The third-order valence-corrected chi connectivity index (χ3v) is 3.69. The van der Waals surface area contributed by atoms with E-state index in [-0.39, 0.29) is 17.5 Å². The van der Waals surface area contributed by atoms with Gasteiger partial charge in [0.1, 0.15) is 5.01 Å². The number of hydrogen-bond acceptors (Lipinski definition) is 4. The lowest BCUT2D eigenvalue weighted by molar-refractivity contribution is 0.386. The van der Waals surface area contributed by atoms with Crippen molar-refractivity contribution in [1.29, 1.82) is 0 Å². The zero-order chi connectivity index (χ0) is 13.1. The summed E-state index contributed by atoms with van der Waals surface area (Å²) in [5, 5.41) is 2.77. The number of rotatable bonds is 4. The van der Waals surface area contributed by atoms with Gasteiger partial charge < -0.3 is 10.5 Å². The summed E-state index contributed by atoms with van der Waals surface area (Å²) in [4.78, 5) is 4.48. The van der Waals surface area contributed by atoms with Gasteiger partial charge in [-0.05, 0) is 18.2 Å². The van der Waals surface area contributed by atoms with Crippen molar-refractivity contribution in [3.8, 4) is 16.3 Å². The number of aromatic nitrogens is 1. The van der Waals surface area contributed by atoms with Crippen molar-refractivity contribution in [1.82, 2.24) is 4.98 Å². The molecule has 5 heteroatoms. The number of halogens is 1. The van der Waals surface area contributed by atoms with Crippen molar-refractivity contribution in [2.75, 3.05) is 13.7 Å². The zero-order valence-electron chi connectivity index (χ0n) is 10.3. The third-order valence-electron chi connectivity index (χ3n) is 2.78. The van der Waals surface area contributed by atoms with Gasteiger partial charge in [0.05, 0.1) is 12.8 Å². The molecule has 2 N–H and O–H groups in total. The van der Waals surface area contributed by atoms with Crippen LogP contribution >= 0.6 is 11.3 Å². The number of ether oxygens (including phenoxy) is 1. The summed E-state index contributed by atoms with van der Waals surface area (Å²) in [5.41, 5.74) is 7.31. The second-order valence-electron chi connectivity index (χ2n) is 4.06. The number of nitrogens with zero attached hydrogens (tertiary/aromatic N) is 1. The monoisotopic (exact) mass is 266 g/mol. The van der Waals surface area contributed by atoms with Crippen LogP contribution in [0.3, 0.4) is 0 Å². The summed E-state index contributed by atoms with van der Waals surface area (Å²) >= 11 is 1.49. The largest absolute Gasteiger partial charge is 0.494 e. The number of nitrogens with two attached hydrogens (primary N) is 1. The molecule has 2 aromatic rings. The Labute approximate surface area is 109 Å². The molecule has 0 bridgehead atoms. The predicted octanol–water partition coefficient (Wildman–Crippen LogP) is 3.02. The van der Waals surface area contributed by atoms with Crippen molar-refractivity contribution in [3.05, 3.63) is 35.1 Å². The van der Waals surface area contributed by atoms with E-state index in [1.807, 2.05) is 12.3 Å². The number of methoxy groups -OCH3 is 1. The molecular weight excluding hydrogens is 251 g/mol. The van der Waals surface area contributed by atoms with Gasteiger partial charge in [0.25, 0.3) is 0 Å². The minimum atomic E-state index is -0.376. The number of hydrogen-bond donors (Lipinski definition) is 1. The summed E-state index contributed by atoms with van der Waals surface area (Å²) in [6, 6.07) is 4.85. The molecule has 0 saturated carbocycles. The Balaban J connectivity index is 2.31. The summed E-state index contributed by atoms with van der Waals surface area (Å²) in [6.07, 6.45) is 0. The highest BCUT2D eigenvalue weighted by molar-refractivity contribution is 7.13. The minimum absolute atomic E-state index is 0.220. The highest BCUT2D eigenvalue weighted by atomic mass is 32.1. The van der Waals surface area contributed by atoms with Crippen molar-refractivity contribution in [3.63, 3.8) is 0 Å².